The number of carbonyl (C=O) groups excluding carboxylic acids is 2. The number of furan rings is 1. The van der Waals surface area contributed by atoms with Crippen molar-refractivity contribution in [1.29, 1.82) is 0 Å². The van der Waals surface area contributed by atoms with Crippen molar-refractivity contribution in [3.8, 4) is 0 Å². The van der Waals surface area contributed by atoms with Crippen LogP contribution in [0.3, 0.4) is 0 Å². The van der Waals surface area contributed by atoms with Crippen LogP contribution in [0.25, 0.3) is 0 Å². The zero-order chi connectivity index (χ0) is 15.2. The van der Waals surface area contributed by atoms with Gasteiger partial charge in [0.05, 0.1) is 18.8 Å². The van der Waals surface area contributed by atoms with E-state index in [0.717, 1.165) is 5.69 Å². The first-order valence-electron chi connectivity index (χ1n) is 6.23. The SMILES string of the molecule is CN(CC(=O)NCc1ccccn1)C(=O)c1ccc(Br)o1. The Hall–Kier alpha value is -2.15. The lowest BCUT2D eigenvalue weighted by molar-refractivity contribution is -0.121. The van der Waals surface area contributed by atoms with Crippen LogP contribution in [0, 0.1) is 0 Å². The van der Waals surface area contributed by atoms with Crippen LogP contribution in [0.4, 0.5) is 0 Å². The molecule has 0 saturated carbocycles. The molecule has 0 saturated heterocycles. The number of halogens is 1. The second-order valence-corrected chi connectivity index (χ2v) is 5.14. The molecule has 0 spiro atoms. The van der Waals surface area contributed by atoms with Crippen molar-refractivity contribution in [1.82, 2.24) is 15.2 Å². The highest BCUT2D eigenvalue weighted by Crippen LogP contribution is 2.15. The summed E-state index contributed by atoms with van der Waals surface area (Å²) in [6, 6.07) is 8.64. The minimum atomic E-state index is -0.353. The van der Waals surface area contributed by atoms with E-state index in [2.05, 4.69) is 26.2 Å². The third kappa shape index (κ3) is 4.42. The Morgan fingerprint density at radius 1 is 1.33 bits per heavy atom. The Kier molecular flexibility index (Phi) is 5.10. The van der Waals surface area contributed by atoms with Crippen molar-refractivity contribution in [2.24, 2.45) is 0 Å². The lowest BCUT2D eigenvalue weighted by Gasteiger charge is -2.15. The third-order valence-corrected chi connectivity index (χ3v) is 3.13. The monoisotopic (exact) mass is 351 g/mol. The van der Waals surface area contributed by atoms with Crippen LogP contribution in [0.2, 0.25) is 0 Å². The van der Waals surface area contributed by atoms with E-state index in [-0.39, 0.29) is 24.1 Å². The smallest absolute Gasteiger partial charge is 0.289 e. The number of nitrogens with one attached hydrogen (secondary N) is 1. The molecule has 0 aliphatic rings. The van der Waals surface area contributed by atoms with E-state index in [9.17, 15) is 9.59 Å². The van der Waals surface area contributed by atoms with Gasteiger partial charge in [-0.3, -0.25) is 14.6 Å². The molecule has 0 bridgehead atoms. The standard InChI is InChI=1S/C14H14BrN3O3/c1-18(14(20)11-5-6-12(15)21-11)9-13(19)17-8-10-4-2-3-7-16-10/h2-7H,8-9H2,1H3,(H,17,19). The third-order valence-electron chi connectivity index (χ3n) is 2.70. The maximum absolute atomic E-state index is 12.0. The summed E-state index contributed by atoms with van der Waals surface area (Å²) in [5.41, 5.74) is 0.759. The summed E-state index contributed by atoms with van der Waals surface area (Å²) in [5, 5.41) is 2.71. The molecule has 7 heteroatoms. The number of likely N-dealkylation sites (N-methyl/N-ethyl adjacent to an activating group) is 1. The quantitative estimate of drug-likeness (QED) is 0.891. The molecule has 0 aliphatic carbocycles. The van der Waals surface area contributed by atoms with Crippen molar-refractivity contribution in [3.63, 3.8) is 0 Å². The molecule has 2 heterocycles. The molecule has 2 aromatic rings. The number of hydrogen-bond acceptors (Lipinski definition) is 4. The van der Waals surface area contributed by atoms with Crippen molar-refractivity contribution < 1.29 is 14.0 Å². The van der Waals surface area contributed by atoms with Gasteiger partial charge in [0.2, 0.25) is 5.91 Å². The number of amides is 2. The number of nitrogens with zero attached hydrogens (tertiary/aromatic N) is 2. The van der Waals surface area contributed by atoms with Crippen molar-refractivity contribution in [2.75, 3.05) is 13.6 Å². The highest BCUT2D eigenvalue weighted by atomic mass is 79.9. The second-order valence-electron chi connectivity index (χ2n) is 4.36. The average Bonchev–Trinajstić information content (AvgIpc) is 2.92. The Balaban J connectivity index is 1.83. The van der Waals surface area contributed by atoms with Crippen molar-refractivity contribution >= 4 is 27.7 Å². The molecule has 0 fully saturated rings. The maximum atomic E-state index is 12.0. The number of aromatic nitrogens is 1. The number of rotatable bonds is 5. The topological polar surface area (TPSA) is 75.4 Å². The molecule has 2 rings (SSSR count). The molecule has 0 radical (unpaired) electrons. The lowest BCUT2D eigenvalue weighted by atomic mass is 10.3. The Morgan fingerprint density at radius 2 is 2.14 bits per heavy atom. The predicted octanol–water partition coefficient (Wildman–Crippen LogP) is 1.83. The van der Waals surface area contributed by atoms with Crippen LogP contribution < -0.4 is 5.32 Å². The molecule has 110 valence electrons. The maximum Gasteiger partial charge on any atom is 0.289 e. The number of carbonyl (C=O) groups is 2. The van der Waals surface area contributed by atoms with Crippen LogP contribution in [-0.2, 0) is 11.3 Å². The molecule has 2 amide bonds. The van der Waals surface area contributed by atoms with Crippen LogP contribution in [0.5, 0.6) is 0 Å². The van der Waals surface area contributed by atoms with Gasteiger partial charge in [0, 0.05) is 13.2 Å². The van der Waals surface area contributed by atoms with Gasteiger partial charge in [-0.1, -0.05) is 6.07 Å². The fourth-order valence-corrected chi connectivity index (χ4v) is 1.96. The van der Waals surface area contributed by atoms with Crippen molar-refractivity contribution in [3.05, 3.63) is 52.7 Å². The molecule has 6 nitrogen and oxygen atoms in total. The van der Waals surface area contributed by atoms with Gasteiger partial charge in [0.25, 0.3) is 5.91 Å². The van der Waals surface area contributed by atoms with Gasteiger partial charge in [0.15, 0.2) is 10.4 Å². The van der Waals surface area contributed by atoms with Crippen LogP contribution in [-0.4, -0.2) is 35.3 Å². The van der Waals surface area contributed by atoms with Gasteiger partial charge in [-0.15, -0.1) is 0 Å². The number of pyridine rings is 1. The van der Waals surface area contributed by atoms with E-state index in [1.807, 2.05) is 12.1 Å². The van der Waals surface area contributed by atoms with Crippen LogP contribution in [0.15, 0.2) is 45.6 Å². The van der Waals surface area contributed by atoms with E-state index in [0.29, 0.717) is 11.2 Å². The Morgan fingerprint density at radius 3 is 2.76 bits per heavy atom. The highest BCUT2D eigenvalue weighted by molar-refractivity contribution is 9.10. The van der Waals surface area contributed by atoms with Crippen LogP contribution >= 0.6 is 15.9 Å². The largest absolute Gasteiger partial charge is 0.444 e. The number of hydrogen-bond donors (Lipinski definition) is 1. The van der Waals surface area contributed by atoms with Gasteiger partial charge in [-0.2, -0.15) is 0 Å². The van der Waals surface area contributed by atoms with E-state index in [1.165, 1.54) is 4.90 Å². The predicted molar refractivity (Wildman–Crippen MR) is 79.5 cm³/mol. The zero-order valence-corrected chi connectivity index (χ0v) is 13.0. The molecule has 0 atom stereocenters. The summed E-state index contributed by atoms with van der Waals surface area (Å²) in [6.45, 7) is 0.276. The summed E-state index contributed by atoms with van der Waals surface area (Å²) in [5.74, 6) is -0.433. The van der Waals surface area contributed by atoms with E-state index >= 15 is 0 Å². The normalized spacial score (nSPS) is 10.2. The van der Waals surface area contributed by atoms with Gasteiger partial charge in [0.1, 0.15) is 0 Å². The molecular weight excluding hydrogens is 338 g/mol. The minimum absolute atomic E-state index is 0.0516. The van der Waals surface area contributed by atoms with E-state index in [1.54, 1.807) is 31.4 Å². The van der Waals surface area contributed by atoms with Crippen LogP contribution in [0.1, 0.15) is 16.2 Å². The summed E-state index contributed by atoms with van der Waals surface area (Å²) in [7, 11) is 1.54. The van der Waals surface area contributed by atoms with E-state index < -0.39 is 0 Å². The summed E-state index contributed by atoms with van der Waals surface area (Å²) >= 11 is 3.13. The average molecular weight is 352 g/mol. The second kappa shape index (κ2) is 7.03. The Labute approximate surface area is 130 Å². The molecule has 2 aromatic heterocycles. The first-order valence-corrected chi connectivity index (χ1v) is 7.03. The van der Waals surface area contributed by atoms with Gasteiger partial charge >= 0.3 is 0 Å². The summed E-state index contributed by atoms with van der Waals surface area (Å²) in [6.07, 6.45) is 1.66. The fraction of sp³-hybridized carbons (Fsp3) is 0.214. The van der Waals surface area contributed by atoms with Gasteiger partial charge < -0.3 is 14.6 Å². The van der Waals surface area contributed by atoms with Crippen molar-refractivity contribution in [2.45, 2.75) is 6.54 Å². The zero-order valence-electron chi connectivity index (χ0n) is 11.4. The first kappa shape index (κ1) is 15.2. The molecular formula is C14H14BrN3O3. The molecule has 0 aromatic carbocycles. The van der Waals surface area contributed by atoms with Gasteiger partial charge in [-0.05, 0) is 40.2 Å². The summed E-state index contributed by atoms with van der Waals surface area (Å²) < 4.78 is 5.63. The first-order chi connectivity index (χ1) is 10.1. The Bertz CT molecular complexity index is 627. The molecule has 21 heavy (non-hydrogen) atoms. The minimum Gasteiger partial charge on any atom is -0.444 e. The highest BCUT2D eigenvalue weighted by Gasteiger charge is 2.17. The fourth-order valence-electron chi connectivity index (χ4n) is 1.65. The molecule has 0 aliphatic heterocycles. The molecule has 1 N–H and O–H groups in total. The van der Waals surface area contributed by atoms with E-state index in [4.69, 9.17) is 4.42 Å². The lowest BCUT2D eigenvalue weighted by Crippen LogP contribution is -2.38. The molecule has 0 unspecified atom stereocenters. The summed E-state index contributed by atoms with van der Waals surface area (Å²) in [4.78, 5) is 29.2. The van der Waals surface area contributed by atoms with Gasteiger partial charge in [-0.25, -0.2) is 0 Å².